The zero-order valence-electron chi connectivity index (χ0n) is 14.5. The van der Waals surface area contributed by atoms with Crippen LogP contribution in [0.3, 0.4) is 0 Å². The molecule has 0 spiro atoms. The van der Waals surface area contributed by atoms with Gasteiger partial charge < -0.3 is 14.8 Å². The van der Waals surface area contributed by atoms with Crippen LogP contribution in [0.1, 0.15) is 13.3 Å². The molecular weight excluding hydrogens is 388 g/mol. The van der Waals surface area contributed by atoms with Crippen LogP contribution in [0.5, 0.6) is 11.5 Å². The predicted octanol–water partition coefficient (Wildman–Crippen LogP) is 3.08. The first kappa shape index (κ1) is 18.0. The maximum Gasteiger partial charge on any atom is 0.261 e. The average molecular weight is 406 g/mol. The molecule has 0 radical (unpaired) electrons. The third-order valence-electron chi connectivity index (χ3n) is 4.13. The molecule has 0 saturated carbocycles. The second-order valence-electron chi connectivity index (χ2n) is 6.30. The third kappa shape index (κ3) is 3.84. The molecular formula is C18H18N2O5S2. The Bertz CT molecular complexity index is 1010. The van der Waals surface area contributed by atoms with Crippen LogP contribution in [0, 0.1) is 0 Å². The van der Waals surface area contributed by atoms with Gasteiger partial charge in [-0.1, -0.05) is 6.92 Å². The van der Waals surface area contributed by atoms with E-state index in [2.05, 4.69) is 10.0 Å². The van der Waals surface area contributed by atoms with Gasteiger partial charge in [-0.15, -0.1) is 11.8 Å². The Morgan fingerprint density at radius 2 is 1.89 bits per heavy atom. The van der Waals surface area contributed by atoms with E-state index in [1.807, 2.05) is 6.92 Å². The second kappa shape index (κ2) is 6.97. The van der Waals surface area contributed by atoms with E-state index in [1.165, 1.54) is 12.1 Å². The van der Waals surface area contributed by atoms with Crippen LogP contribution in [0.25, 0.3) is 0 Å². The maximum atomic E-state index is 12.8. The first-order valence-corrected chi connectivity index (χ1v) is 10.8. The van der Waals surface area contributed by atoms with Crippen LogP contribution >= 0.6 is 11.8 Å². The van der Waals surface area contributed by atoms with Crippen molar-refractivity contribution in [3.05, 3.63) is 36.4 Å². The van der Waals surface area contributed by atoms with Gasteiger partial charge in [0.2, 0.25) is 5.91 Å². The van der Waals surface area contributed by atoms with Gasteiger partial charge in [-0.2, -0.15) is 0 Å². The zero-order valence-corrected chi connectivity index (χ0v) is 16.2. The number of fused-ring (bicyclic) bond motifs is 2. The fourth-order valence-electron chi connectivity index (χ4n) is 2.92. The number of benzene rings is 2. The zero-order chi connectivity index (χ0) is 19.0. The number of ether oxygens (including phenoxy) is 2. The lowest BCUT2D eigenvalue weighted by Gasteiger charge is -2.19. The second-order valence-corrected chi connectivity index (χ2v) is 9.47. The van der Waals surface area contributed by atoms with Gasteiger partial charge in [0.05, 0.1) is 16.3 Å². The summed E-state index contributed by atoms with van der Waals surface area (Å²) in [6.45, 7) is 2.85. The lowest BCUT2D eigenvalue weighted by Crippen LogP contribution is -2.17. The van der Waals surface area contributed by atoms with Crippen LogP contribution in [0.4, 0.5) is 11.4 Å². The number of anilines is 2. The standard InChI is InChI=1S/C18H18N2O5S2/c1-11-8-18(21)19-14-10-13(3-5-17(14)26-11)27(22,23)20-12-2-4-15-16(9-12)25-7-6-24-15/h2-5,9-11,20H,6-8H2,1H3,(H,19,21)/t11-/m0/s1. The monoisotopic (exact) mass is 406 g/mol. The molecule has 142 valence electrons. The van der Waals surface area contributed by atoms with Crippen molar-refractivity contribution in [3.63, 3.8) is 0 Å². The smallest absolute Gasteiger partial charge is 0.261 e. The molecule has 2 aliphatic heterocycles. The van der Waals surface area contributed by atoms with E-state index in [9.17, 15) is 13.2 Å². The number of nitrogens with one attached hydrogen (secondary N) is 2. The molecule has 2 aliphatic rings. The molecule has 0 aliphatic carbocycles. The fourth-order valence-corrected chi connectivity index (χ4v) is 5.05. The van der Waals surface area contributed by atoms with Gasteiger partial charge in [0.15, 0.2) is 11.5 Å². The molecule has 0 fully saturated rings. The number of rotatable bonds is 3. The molecule has 0 bridgehead atoms. The molecule has 2 heterocycles. The predicted molar refractivity (Wildman–Crippen MR) is 103 cm³/mol. The van der Waals surface area contributed by atoms with Crippen molar-refractivity contribution in [2.45, 2.75) is 28.4 Å². The van der Waals surface area contributed by atoms with Gasteiger partial charge in [-0.25, -0.2) is 8.42 Å². The van der Waals surface area contributed by atoms with Crippen molar-refractivity contribution in [1.82, 2.24) is 0 Å². The summed E-state index contributed by atoms with van der Waals surface area (Å²) in [5, 5.41) is 2.91. The molecule has 1 amide bonds. The number of sulfonamides is 1. The highest BCUT2D eigenvalue weighted by Gasteiger charge is 2.23. The van der Waals surface area contributed by atoms with Crippen LogP contribution in [-0.2, 0) is 14.8 Å². The molecule has 0 saturated heterocycles. The molecule has 2 N–H and O–H groups in total. The van der Waals surface area contributed by atoms with E-state index in [0.717, 1.165) is 4.90 Å². The summed E-state index contributed by atoms with van der Waals surface area (Å²) in [4.78, 5) is 12.9. The summed E-state index contributed by atoms with van der Waals surface area (Å²) < 4.78 is 39.0. The Morgan fingerprint density at radius 1 is 1.11 bits per heavy atom. The largest absolute Gasteiger partial charge is 0.486 e. The summed E-state index contributed by atoms with van der Waals surface area (Å²) in [7, 11) is -3.82. The van der Waals surface area contributed by atoms with E-state index < -0.39 is 10.0 Å². The van der Waals surface area contributed by atoms with Crippen LogP contribution in [0.15, 0.2) is 46.2 Å². The van der Waals surface area contributed by atoms with Gasteiger partial charge in [0.1, 0.15) is 13.2 Å². The van der Waals surface area contributed by atoms with E-state index in [4.69, 9.17) is 9.47 Å². The number of hydrogen-bond acceptors (Lipinski definition) is 6. The Hall–Kier alpha value is -2.39. The molecule has 4 rings (SSSR count). The van der Waals surface area contributed by atoms with Gasteiger partial charge in [-0.3, -0.25) is 9.52 Å². The van der Waals surface area contributed by atoms with Crippen LogP contribution < -0.4 is 19.5 Å². The Morgan fingerprint density at radius 3 is 2.70 bits per heavy atom. The molecule has 0 aromatic heterocycles. The molecule has 1 atom stereocenters. The third-order valence-corrected chi connectivity index (χ3v) is 6.69. The molecule has 2 aromatic carbocycles. The van der Waals surface area contributed by atoms with Gasteiger partial charge in [-0.05, 0) is 30.3 Å². The van der Waals surface area contributed by atoms with Crippen LogP contribution in [0.2, 0.25) is 0 Å². The van der Waals surface area contributed by atoms with Gasteiger partial charge in [0, 0.05) is 22.6 Å². The number of carbonyl (C=O) groups is 1. The van der Waals surface area contributed by atoms with Crippen LogP contribution in [-0.4, -0.2) is 32.8 Å². The Labute approximate surface area is 161 Å². The van der Waals surface area contributed by atoms with Crippen molar-refractivity contribution in [1.29, 1.82) is 0 Å². The molecule has 9 heteroatoms. The normalized spacial score (nSPS) is 18.9. The molecule has 0 unspecified atom stereocenters. The summed E-state index contributed by atoms with van der Waals surface area (Å²) in [6.07, 6.45) is 0.386. The Balaban J connectivity index is 1.62. The van der Waals surface area contributed by atoms with Crippen molar-refractivity contribution in [2.75, 3.05) is 23.3 Å². The number of hydrogen-bond donors (Lipinski definition) is 2. The number of carbonyl (C=O) groups excluding carboxylic acids is 1. The number of amides is 1. The summed E-state index contributed by atoms with van der Waals surface area (Å²) in [5.41, 5.74) is 0.889. The SMILES string of the molecule is C[C@H]1CC(=O)Nc2cc(S(=O)(=O)Nc3ccc4c(c3)OCCO4)ccc2S1. The lowest BCUT2D eigenvalue weighted by molar-refractivity contribution is -0.116. The van der Waals surface area contributed by atoms with Crippen molar-refractivity contribution < 1.29 is 22.7 Å². The first-order chi connectivity index (χ1) is 12.9. The van der Waals surface area contributed by atoms with E-state index in [0.29, 0.717) is 42.5 Å². The maximum absolute atomic E-state index is 12.8. The summed E-state index contributed by atoms with van der Waals surface area (Å²) in [6, 6.07) is 9.62. The highest BCUT2D eigenvalue weighted by Crippen LogP contribution is 2.37. The molecule has 7 nitrogen and oxygen atoms in total. The van der Waals surface area contributed by atoms with Crippen molar-refractivity contribution in [2.24, 2.45) is 0 Å². The van der Waals surface area contributed by atoms with E-state index >= 15 is 0 Å². The number of thioether (sulfide) groups is 1. The summed E-state index contributed by atoms with van der Waals surface area (Å²) >= 11 is 1.55. The minimum atomic E-state index is -3.82. The average Bonchev–Trinajstić information content (AvgIpc) is 2.76. The quantitative estimate of drug-likeness (QED) is 0.814. The van der Waals surface area contributed by atoms with Gasteiger partial charge >= 0.3 is 0 Å². The minimum absolute atomic E-state index is 0.0755. The topological polar surface area (TPSA) is 93.7 Å². The van der Waals surface area contributed by atoms with Crippen molar-refractivity contribution in [3.8, 4) is 11.5 Å². The van der Waals surface area contributed by atoms with Gasteiger partial charge in [0.25, 0.3) is 10.0 Å². The fraction of sp³-hybridized carbons (Fsp3) is 0.278. The van der Waals surface area contributed by atoms with E-state index in [-0.39, 0.29) is 16.1 Å². The summed E-state index contributed by atoms with van der Waals surface area (Å²) in [5.74, 6) is 0.965. The highest BCUT2D eigenvalue weighted by molar-refractivity contribution is 8.00. The van der Waals surface area contributed by atoms with E-state index in [1.54, 1.807) is 36.0 Å². The first-order valence-electron chi connectivity index (χ1n) is 8.44. The Kier molecular flexibility index (Phi) is 4.65. The van der Waals surface area contributed by atoms with Crippen molar-refractivity contribution >= 4 is 39.1 Å². The highest BCUT2D eigenvalue weighted by atomic mass is 32.2. The molecule has 2 aromatic rings. The minimum Gasteiger partial charge on any atom is -0.486 e. The lowest BCUT2D eigenvalue weighted by atomic mass is 10.3. The molecule has 27 heavy (non-hydrogen) atoms.